The van der Waals surface area contributed by atoms with Crippen LogP contribution in [0, 0.1) is 0 Å². The molecule has 0 spiro atoms. The van der Waals surface area contributed by atoms with E-state index in [4.69, 9.17) is 19.3 Å². The summed E-state index contributed by atoms with van der Waals surface area (Å²) in [6.07, 6.45) is 0.0989. The summed E-state index contributed by atoms with van der Waals surface area (Å²) in [5.74, 6) is 0. The van der Waals surface area contributed by atoms with E-state index in [0.29, 0.717) is 0 Å². The predicted octanol–water partition coefficient (Wildman–Crippen LogP) is -0.473. The molecule has 4 N–H and O–H groups in total. The van der Waals surface area contributed by atoms with Crippen LogP contribution in [-0.2, 0) is 43.5 Å². The van der Waals surface area contributed by atoms with Gasteiger partial charge in [-0.1, -0.05) is 0 Å². The molecule has 6 atom stereocenters. The number of phosphoric acid groups is 2. The molecule has 1 aliphatic heterocycles. The van der Waals surface area contributed by atoms with Crippen LogP contribution in [0.4, 0.5) is 0 Å². The Bertz CT molecular complexity index is 1140. The Kier molecular flexibility index (Phi) is 7.28. The van der Waals surface area contributed by atoms with E-state index in [-0.39, 0.29) is 23.1 Å². The molecule has 20 heteroatoms. The lowest BCUT2D eigenvalue weighted by molar-refractivity contribution is -0.0967. The molecule has 3 unspecified atom stereocenters. The first kappa shape index (κ1) is 24.3. The topological polar surface area (TPSA) is 223 Å². The van der Waals surface area contributed by atoms with Crippen molar-refractivity contribution >= 4 is 35.1 Å². The lowest BCUT2D eigenvalue weighted by Crippen LogP contribution is -2.37. The van der Waals surface area contributed by atoms with E-state index in [1.54, 1.807) is 0 Å². The first-order valence-electron chi connectivity index (χ1n) is 8.22. The summed E-state index contributed by atoms with van der Waals surface area (Å²) in [6.45, 7) is 0. The van der Waals surface area contributed by atoms with Gasteiger partial charge in [0.05, 0.1) is 12.7 Å². The average molecular weight is 505 g/mol. The lowest BCUT2D eigenvalue weighted by atomic mass is 10.2. The van der Waals surface area contributed by atoms with Crippen molar-refractivity contribution in [2.45, 2.75) is 25.0 Å². The molecule has 0 radical (unpaired) electrons. The summed E-state index contributed by atoms with van der Waals surface area (Å²) in [5.41, 5.74) is 2.00. The Morgan fingerprint density at radius 3 is 2.65 bits per heavy atom. The predicted molar refractivity (Wildman–Crippen MR) is 99.4 cm³/mol. The van der Waals surface area contributed by atoms with E-state index in [0.717, 1.165) is 0 Å². The Morgan fingerprint density at radius 1 is 1.29 bits per heavy atom. The molecule has 31 heavy (non-hydrogen) atoms. The maximum Gasteiger partial charge on any atom is 0.497 e. The minimum Gasteiger partial charge on any atom is -0.377 e. The lowest BCUT2D eigenvalue weighted by Gasteiger charge is -2.20. The molecular formula is C11H18N5O12P3. The normalized spacial score (nSPS) is 26.5. The number of hydrogen-bond donors (Lipinski definition) is 4. The largest absolute Gasteiger partial charge is 0.497 e. The Balaban J connectivity index is 1.71. The third-order valence-electron chi connectivity index (χ3n) is 4.02. The second-order valence-corrected chi connectivity index (χ2v) is 10.1. The van der Waals surface area contributed by atoms with Crippen LogP contribution in [0.15, 0.2) is 17.4 Å². The smallest absolute Gasteiger partial charge is 0.377 e. The van der Waals surface area contributed by atoms with Crippen LogP contribution in [0.5, 0.6) is 0 Å². The summed E-state index contributed by atoms with van der Waals surface area (Å²) >= 11 is 0. The first-order valence-corrected chi connectivity index (χ1v) is 12.5. The third-order valence-corrected chi connectivity index (χ3v) is 7.55. The van der Waals surface area contributed by atoms with Crippen molar-refractivity contribution in [2.75, 3.05) is 7.11 Å². The summed E-state index contributed by atoms with van der Waals surface area (Å²) < 4.78 is 59.2. The van der Waals surface area contributed by atoms with Gasteiger partial charge in [0, 0.05) is 20.6 Å². The van der Waals surface area contributed by atoms with Crippen LogP contribution in [0.25, 0.3) is 11.2 Å². The molecule has 2 aromatic heterocycles. The van der Waals surface area contributed by atoms with Crippen molar-refractivity contribution in [3.63, 3.8) is 0 Å². The number of fused-ring (bicyclic) bond motifs is 1. The SMILES string of the molecule is CO[C@H]1C[C@H](n2cnc3c(=O)n(C)cnc32)O[C@@H]1NOP(=O)(O)OP(=O)(O)O[PH](=O)O. The van der Waals surface area contributed by atoms with Crippen LogP contribution in [0.3, 0.4) is 0 Å². The Hall–Kier alpha value is -1.32. The molecule has 3 heterocycles. The van der Waals surface area contributed by atoms with Crippen molar-refractivity contribution in [1.82, 2.24) is 24.6 Å². The molecule has 3 rings (SSSR count). The minimum absolute atomic E-state index is 0.102. The molecule has 0 aromatic carbocycles. The fraction of sp³-hybridized carbons (Fsp3) is 0.545. The van der Waals surface area contributed by atoms with Crippen LogP contribution < -0.4 is 11.0 Å². The molecule has 2 aromatic rings. The van der Waals surface area contributed by atoms with E-state index >= 15 is 0 Å². The van der Waals surface area contributed by atoms with Gasteiger partial charge in [-0.25, -0.2) is 23.4 Å². The van der Waals surface area contributed by atoms with Gasteiger partial charge in [-0.15, -0.1) is 0 Å². The maximum absolute atomic E-state index is 12.1. The molecule has 1 saturated heterocycles. The van der Waals surface area contributed by atoms with E-state index in [2.05, 4.69) is 23.2 Å². The second-order valence-electron chi connectivity index (χ2n) is 6.09. The molecule has 1 fully saturated rings. The molecule has 174 valence electrons. The van der Waals surface area contributed by atoms with Gasteiger partial charge in [0.15, 0.2) is 17.4 Å². The number of hydroxylamine groups is 1. The number of aryl methyl sites for hydroxylation is 1. The number of aromatic nitrogens is 4. The molecule has 1 aliphatic rings. The van der Waals surface area contributed by atoms with Crippen molar-refractivity contribution < 1.29 is 51.1 Å². The molecule has 0 aliphatic carbocycles. The summed E-state index contributed by atoms with van der Waals surface area (Å²) in [5, 5.41) is 0. The quantitative estimate of drug-likeness (QED) is 0.250. The van der Waals surface area contributed by atoms with E-state index in [9.17, 15) is 23.4 Å². The van der Waals surface area contributed by atoms with Crippen molar-refractivity contribution in [2.24, 2.45) is 7.05 Å². The zero-order valence-electron chi connectivity index (χ0n) is 15.8. The highest BCUT2D eigenvalue weighted by Gasteiger charge is 2.41. The number of hydrogen-bond acceptors (Lipinski definition) is 12. The highest BCUT2D eigenvalue weighted by Crippen LogP contribution is 2.63. The number of methoxy groups -OCH3 is 1. The van der Waals surface area contributed by atoms with E-state index < -0.39 is 42.5 Å². The zero-order valence-corrected chi connectivity index (χ0v) is 18.6. The summed E-state index contributed by atoms with van der Waals surface area (Å²) in [7, 11) is -11.7. The molecule has 17 nitrogen and oxygen atoms in total. The molecule has 0 bridgehead atoms. The molecular weight excluding hydrogens is 487 g/mol. The minimum atomic E-state index is -5.36. The summed E-state index contributed by atoms with van der Waals surface area (Å²) in [6, 6.07) is 0. The Labute approximate surface area is 173 Å². The maximum atomic E-state index is 12.1. The fourth-order valence-electron chi connectivity index (χ4n) is 2.72. The number of rotatable bonds is 9. The van der Waals surface area contributed by atoms with Gasteiger partial charge in [0.25, 0.3) is 5.56 Å². The molecule has 0 amide bonds. The van der Waals surface area contributed by atoms with Gasteiger partial charge in [0.2, 0.25) is 0 Å². The van der Waals surface area contributed by atoms with Crippen molar-refractivity contribution in [3.05, 3.63) is 23.0 Å². The zero-order chi connectivity index (χ0) is 23.0. The monoisotopic (exact) mass is 505 g/mol. The van der Waals surface area contributed by atoms with Gasteiger partial charge in [-0.05, 0) is 0 Å². The molecule has 0 saturated carbocycles. The second kappa shape index (κ2) is 9.27. The standard InChI is InChI=1S/C11H18N5O12P3/c1-15-4-13-9-8(11(15)17)12-5-16(9)7-3-6(24-2)10(25-7)14-26-30(20,21)28-31(22,23)27-29(18)19/h4-7,10,14,29H,3H2,1-2H3,(H,18,19)(H,20,21)(H,22,23)/t6-,7+,10-/m0/s1. The third kappa shape index (κ3) is 5.73. The number of imidazole rings is 1. The summed E-state index contributed by atoms with van der Waals surface area (Å²) in [4.78, 5) is 47.5. The highest BCUT2D eigenvalue weighted by molar-refractivity contribution is 7.64. The number of nitrogens with zero attached hydrogens (tertiary/aromatic N) is 4. The van der Waals surface area contributed by atoms with Crippen LogP contribution in [0.2, 0.25) is 0 Å². The van der Waals surface area contributed by atoms with E-state index in [1.807, 2.05) is 5.48 Å². The fourth-order valence-corrected chi connectivity index (χ4v) is 5.36. The number of ether oxygens (including phenoxy) is 2. The van der Waals surface area contributed by atoms with Crippen LogP contribution in [-0.4, -0.2) is 53.2 Å². The van der Waals surface area contributed by atoms with Crippen LogP contribution in [0.1, 0.15) is 12.6 Å². The van der Waals surface area contributed by atoms with Gasteiger partial charge in [-0.3, -0.25) is 13.9 Å². The van der Waals surface area contributed by atoms with Crippen molar-refractivity contribution in [1.29, 1.82) is 0 Å². The van der Waals surface area contributed by atoms with E-state index in [1.165, 1.54) is 35.9 Å². The average Bonchev–Trinajstić information content (AvgIpc) is 3.25. The van der Waals surface area contributed by atoms with Crippen molar-refractivity contribution in [3.8, 4) is 0 Å². The van der Waals surface area contributed by atoms with Gasteiger partial charge >= 0.3 is 23.9 Å². The van der Waals surface area contributed by atoms with Gasteiger partial charge in [0.1, 0.15) is 12.3 Å². The highest BCUT2D eigenvalue weighted by atomic mass is 31.3. The number of nitrogens with one attached hydrogen (secondary N) is 1. The van der Waals surface area contributed by atoms with Gasteiger partial charge in [-0.2, -0.15) is 14.4 Å². The van der Waals surface area contributed by atoms with Gasteiger partial charge < -0.3 is 28.7 Å². The Morgan fingerprint density at radius 2 is 2.00 bits per heavy atom. The first-order chi connectivity index (χ1) is 14.4. The van der Waals surface area contributed by atoms with Crippen LogP contribution >= 0.6 is 23.9 Å².